The van der Waals surface area contributed by atoms with Crippen molar-refractivity contribution >= 4 is 5.97 Å². The van der Waals surface area contributed by atoms with E-state index in [4.69, 9.17) is 15.1 Å². The molecule has 2 rings (SSSR count). The van der Waals surface area contributed by atoms with E-state index in [1.165, 1.54) is 24.3 Å². The van der Waals surface area contributed by atoms with Gasteiger partial charge in [-0.25, -0.2) is 9.18 Å². The predicted octanol–water partition coefficient (Wildman–Crippen LogP) is 2.97. The van der Waals surface area contributed by atoms with Crippen LogP contribution in [-0.4, -0.2) is 11.1 Å². The van der Waals surface area contributed by atoms with Crippen molar-refractivity contribution in [3.05, 3.63) is 65.0 Å². The van der Waals surface area contributed by atoms with Crippen LogP contribution in [0, 0.1) is 17.1 Å². The van der Waals surface area contributed by atoms with Crippen molar-refractivity contribution in [1.29, 1.82) is 5.26 Å². The van der Waals surface area contributed by atoms with Crippen molar-refractivity contribution in [1.82, 2.24) is 0 Å². The summed E-state index contributed by atoms with van der Waals surface area (Å²) in [5, 5.41) is 17.9. The van der Waals surface area contributed by atoms with Crippen molar-refractivity contribution in [3.63, 3.8) is 0 Å². The van der Waals surface area contributed by atoms with Crippen LogP contribution in [0.1, 0.15) is 21.5 Å². The van der Waals surface area contributed by atoms with Gasteiger partial charge in [0.05, 0.1) is 11.6 Å². The average molecular weight is 271 g/mol. The highest BCUT2D eigenvalue weighted by Crippen LogP contribution is 2.20. The Morgan fingerprint density at radius 2 is 2.05 bits per heavy atom. The number of ether oxygens (including phenoxy) is 1. The van der Waals surface area contributed by atoms with Gasteiger partial charge in [-0.15, -0.1) is 0 Å². The van der Waals surface area contributed by atoms with Gasteiger partial charge in [0.2, 0.25) is 0 Å². The van der Waals surface area contributed by atoms with Crippen LogP contribution in [0.2, 0.25) is 0 Å². The Kier molecular flexibility index (Phi) is 3.96. The van der Waals surface area contributed by atoms with E-state index in [2.05, 4.69) is 0 Å². The maximum absolute atomic E-state index is 13.0. The smallest absolute Gasteiger partial charge is 0.339 e. The van der Waals surface area contributed by atoms with E-state index in [-0.39, 0.29) is 23.5 Å². The van der Waals surface area contributed by atoms with Gasteiger partial charge in [0, 0.05) is 5.56 Å². The van der Waals surface area contributed by atoms with Crippen LogP contribution in [0.3, 0.4) is 0 Å². The van der Waals surface area contributed by atoms with Gasteiger partial charge >= 0.3 is 5.97 Å². The summed E-state index contributed by atoms with van der Waals surface area (Å²) < 4.78 is 18.4. The summed E-state index contributed by atoms with van der Waals surface area (Å²) in [4.78, 5) is 11.0. The molecule has 0 aliphatic carbocycles. The van der Waals surface area contributed by atoms with Gasteiger partial charge < -0.3 is 9.84 Å². The lowest BCUT2D eigenvalue weighted by Crippen LogP contribution is -2.04. The first kappa shape index (κ1) is 13.6. The first-order chi connectivity index (χ1) is 9.61. The van der Waals surface area contributed by atoms with Gasteiger partial charge in [-0.1, -0.05) is 18.2 Å². The molecule has 0 radical (unpaired) electrons. The second-order valence-corrected chi connectivity index (χ2v) is 4.00. The molecule has 2 aromatic carbocycles. The molecular formula is C15H10FNO3. The minimum Gasteiger partial charge on any atom is -0.488 e. The van der Waals surface area contributed by atoms with Crippen LogP contribution >= 0.6 is 0 Å². The number of hydrogen-bond acceptors (Lipinski definition) is 3. The molecule has 0 atom stereocenters. The molecule has 0 bridgehead atoms. The SMILES string of the molecule is N#Cc1cc(F)ccc1COc1ccccc1C(=O)O. The van der Waals surface area contributed by atoms with E-state index in [0.29, 0.717) is 5.56 Å². The second kappa shape index (κ2) is 5.85. The van der Waals surface area contributed by atoms with Crippen LogP contribution in [0.25, 0.3) is 0 Å². The van der Waals surface area contributed by atoms with Crippen LogP contribution in [0.5, 0.6) is 5.75 Å². The van der Waals surface area contributed by atoms with Gasteiger partial charge in [0.1, 0.15) is 23.7 Å². The average Bonchev–Trinajstić information content (AvgIpc) is 2.46. The summed E-state index contributed by atoms with van der Waals surface area (Å²) in [6, 6.07) is 11.8. The first-order valence-corrected chi connectivity index (χ1v) is 5.75. The van der Waals surface area contributed by atoms with Crippen molar-refractivity contribution in [2.24, 2.45) is 0 Å². The fourth-order valence-corrected chi connectivity index (χ4v) is 1.70. The van der Waals surface area contributed by atoms with Crippen molar-refractivity contribution in [3.8, 4) is 11.8 Å². The minimum atomic E-state index is -1.10. The van der Waals surface area contributed by atoms with Gasteiger partial charge in [-0.3, -0.25) is 0 Å². The Bertz CT molecular complexity index is 692. The molecule has 0 fully saturated rings. The number of benzene rings is 2. The summed E-state index contributed by atoms with van der Waals surface area (Å²) in [6.45, 7) is -0.00648. The molecule has 0 aliphatic rings. The third-order valence-electron chi connectivity index (χ3n) is 2.69. The standard InChI is InChI=1S/C15H10FNO3/c16-12-6-5-10(11(7-12)8-17)9-20-14-4-2-1-3-13(14)15(18)19/h1-7H,9H2,(H,18,19). The fraction of sp³-hybridized carbons (Fsp3) is 0.0667. The van der Waals surface area contributed by atoms with Crippen LogP contribution < -0.4 is 4.74 Å². The van der Waals surface area contributed by atoms with Crippen LogP contribution in [0.15, 0.2) is 42.5 Å². The van der Waals surface area contributed by atoms with Crippen molar-refractivity contribution in [2.45, 2.75) is 6.61 Å². The van der Waals surface area contributed by atoms with E-state index in [1.54, 1.807) is 12.1 Å². The largest absolute Gasteiger partial charge is 0.488 e. The third-order valence-corrected chi connectivity index (χ3v) is 2.69. The lowest BCUT2D eigenvalue weighted by atomic mass is 10.1. The fourth-order valence-electron chi connectivity index (χ4n) is 1.70. The molecule has 0 aliphatic heterocycles. The normalized spacial score (nSPS) is 9.80. The number of carbonyl (C=O) groups is 1. The molecule has 0 aromatic heterocycles. The lowest BCUT2D eigenvalue weighted by Gasteiger charge is -2.10. The summed E-state index contributed by atoms with van der Waals surface area (Å²) in [5.74, 6) is -1.40. The monoisotopic (exact) mass is 271 g/mol. The molecule has 0 saturated carbocycles. The van der Waals surface area contributed by atoms with E-state index >= 15 is 0 Å². The molecule has 0 heterocycles. The lowest BCUT2D eigenvalue weighted by molar-refractivity contribution is 0.0692. The Morgan fingerprint density at radius 1 is 1.30 bits per heavy atom. The zero-order valence-corrected chi connectivity index (χ0v) is 10.3. The molecule has 2 aromatic rings. The molecule has 0 saturated heterocycles. The molecule has 0 unspecified atom stereocenters. The van der Waals surface area contributed by atoms with Gasteiger partial charge in [0.15, 0.2) is 0 Å². The Morgan fingerprint density at radius 3 is 2.75 bits per heavy atom. The quantitative estimate of drug-likeness (QED) is 0.928. The van der Waals surface area contributed by atoms with Gasteiger partial charge in [0.25, 0.3) is 0 Å². The number of carboxylic acids is 1. The van der Waals surface area contributed by atoms with Crippen LogP contribution in [0.4, 0.5) is 4.39 Å². The number of carboxylic acid groups (broad SMARTS) is 1. The number of aromatic carboxylic acids is 1. The zero-order valence-electron chi connectivity index (χ0n) is 10.3. The van der Waals surface area contributed by atoms with E-state index in [0.717, 1.165) is 6.07 Å². The van der Waals surface area contributed by atoms with Crippen molar-refractivity contribution in [2.75, 3.05) is 0 Å². The maximum Gasteiger partial charge on any atom is 0.339 e. The molecule has 1 N–H and O–H groups in total. The number of nitriles is 1. The summed E-state index contributed by atoms with van der Waals surface area (Å²) >= 11 is 0. The number of halogens is 1. The summed E-state index contributed by atoms with van der Waals surface area (Å²) in [6.07, 6.45) is 0. The van der Waals surface area contributed by atoms with E-state index < -0.39 is 11.8 Å². The number of para-hydroxylation sites is 1. The van der Waals surface area contributed by atoms with Gasteiger partial charge in [-0.05, 0) is 24.3 Å². The van der Waals surface area contributed by atoms with E-state index in [9.17, 15) is 9.18 Å². The summed E-state index contributed by atoms with van der Waals surface area (Å²) in [7, 11) is 0. The highest BCUT2D eigenvalue weighted by atomic mass is 19.1. The predicted molar refractivity (Wildman–Crippen MR) is 68.8 cm³/mol. The molecule has 0 spiro atoms. The van der Waals surface area contributed by atoms with E-state index in [1.807, 2.05) is 6.07 Å². The first-order valence-electron chi connectivity index (χ1n) is 5.75. The second-order valence-electron chi connectivity index (χ2n) is 4.00. The summed E-state index contributed by atoms with van der Waals surface area (Å²) in [5.41, 5.74) is 0.694. The molecule has 20 heavy (non-hydrogen) atoms. The number of rotatable bonds is 4. The minimum absolute atomic E-state index is 0.00648. The Balaban J connectivity index is 2.22. The highest BCUT2D eigenvalue weighted by molar-refractivity contribution is 5.90. The Labute approximate surface area is 114 Å². The zero-order chi connectivity index (χ0) is 14.5. The third kappa shape index (κ3) is 2.93. The number of nitrogens with zero attached hydrogens (tertiary/aromatic N) is 1. The van der Waals surface area contributed by atoms with Gasteiger partial charge in [-0.2, -0.15) is 5.26 Å². The van der Waals surface area contributed by atoms with Crippen LogP contribution in [-0.2, 0) is 6.61 Å². The maximum atomic E-state index is 13.0. The van der Waals surface area contributed by atoms with Crippen molar-refractivity contribution < 1.29 is 19.0 Å². The molecule has 0 amide bonds. The molecule has 100 valence electrons. The Hall–Kier alpha value is -2.87. The molecule has 4 nitrogen and oxygen atoms in total. The highest BCUT2D eigenvalue weighted by Gasteiger charge is 2.11. The number of hydrogen-bond donors (Lipinski definition) is 1. The molecule has 5 heteroatoms. The topological polar surface area (TPSA) is 70.3 Å². The molecular weight excluding hydrogens is 261 g/mol.